The van der Waals surface area contributed by atoms with Crippen molar-refractivity contribution < 1.29 is 12.6 Å². The van der Waals surface area contributed by atoms with Gasteiger partial charge in [-0.3, -0.25) is 4.21 Å². The van der Waals surface area contributed by atoms with Gasteiger partial charge in [-0.25, -0.2) is 12.7 Å². The van der Waals surface area contributed by atoms with Crippen LogP contribution in [-0.4, -0.2) is 60.4 Å². The third kappa shape index (κ3) is 5.77. The molecule has 1 aliphatic heterocycles. The topological polar surface area (TPSA) is 66.5 Å². The molecule has 5 nitrogen and oxygen atoms in total. The highest BCUT2D eigenvalue weighted by atomic mass is 32.2. The van der Waals surface area contributed by atoms with E-state index in [9.17, 15) is 12.6 Å². The van der Waals surface area contributed by atoms with Gasteiger partial charge in [0, 0.05) is 41.4 Å². The van der Waals surface area contributed by atoms with Gasteiger partial charge >= 0.3 is 0 Å². The maximum Gasteiger partial charge on any atom is 0.211 e. The lowest BCUT2D eigenvalue weighted by Crippen LogP contribution is -2.38. The Kier molecular flexibility index (Phi) is 6.76. The Labute approximate surface area is 113 Å². The van der Waals surface area contributed by atoms with E-state index in [1.54, 1.807) is 0 Å². The van der Waals surface area contributed by atoms with E-state index >= 15 is 0 Å². The minimum Gasteiger partial charge on any atom is -0.314 e. The van der Waals surface area contributed by atoms with Crippen molar-refractivity contribution in [3.05, 3.63) is 0 Å². The smallest absolute Gasteiger partial charge is 0.211 e. The Morgan fingerprint density at radius 3 is 2.44 bits per heavy atom. The quantitative estimate of drug-likeness (QED) is 0.680. The lowest BCUT2D eigenvalue weighted by molar-refractivity contribution is 0.403. The standard InChI is InChI=1S/C11H24N2O3S2/c1-3-13(18(2,15)16)8-4-7-12-11-5-9-17(14)10-6-11/h11-12H,3-10H2,1-2H3. The fraction of sp³-hybridized carbons (Fsp3) is 1.00. The summed E-state index contributed by atoms with van der Waals surface area (Å²) in [5.41, 5.74) is 0. The minimum absolute atomic E-state index is 0.455. The van der Waals surface area contributed by atoms with Crippen LogP contribution in [0.4, 0.5) is 0 Å². The second-order valence-electron chi connectivity index (χ2n) is 4.68. The molecule has 18 heavy (non-hydrogen) atoms. The summed E-state index contributed by atoms with van der Waals surface area (Å²) < 4.78 is 35.4. The van der Waals surface area contributed by atoms with Gasteiger partial charge in [-0.1, -0.05) is 6.92 Å². The maximum atomic E-state index is 11.4. The van der Waals surface area contributed by atoms with Gasteiger partial charge in [-0.05, 0) is 25.8 Å². The van der Waals surface area contributed by atoms with Crippen molar-refractivity contribution in [2.24, 2.45) is 0 Å². The zero-order valence-electron chi connectivity index (χ0n) is 11.2. The normalized spacial score (nSPS) is 25.5. The number of sulfonamides is 1. The van der Waals surface area contributed by atoms with Gasteiger partial charge in [0.15, 0.2) is 0 Å². The molecule has 7 heteroatoms. The van der Waals surface area contributed by atoms with Crippen LogP contribution in [0.2, 0.25) is 0 Å². The first-order chi connectivity index (χ1) is 8.43. The summed E-state index contributed by atoms with van der Waals surface area (Å²) in [4.78, 5) is 0. The molecule has 0 aromatic rings. The second kappa shape index (κ2) is 7.57. The van der Waals surface area contributed by atoms with Gasteiger partial charge in [0.25, 0.3) is 0 Å². The Balaban J connectivity index is 2.16. The van der Waals surface area contributed by atoms with Gasteiger partial charge < -0.3 is 5.32 Å². The fourth-order valence-corrected chi connectivity index (χ4v) is 4.35. The van der Waals surface area contributed by atoms with Crippen LogP contribution in [0.3, 0.4) is 0 Å². The molecule has 0 aliphatic carbocycles. The lowest BCUT2D eigenvalue weighted by atomic mass is 10.1. The molecule has 0 unspecified atom stereocenters. The van der Waals surface area contributed by atoms with Gasteiger partial charge in [0.05, 0.1) is 6.26 Å². The summed E-state index contributed by atoms with van der Waals surface area (Å²) in [7, 11) is -3.68. The molecule has 0 aromatic carbocycles. The third-order valence-electron chi connectivity index (χ3n) is 3.23. The molecule has 1 aliphatic rings. The summed E-state index contributed by atoms with van der Waals surface area (Å²) in [5.74, 6) is 1.59. The van der Waals surface area contributed by atoms with Crippen LogP contribution >= 0.6 is 0 Å². The molecule has 108 valence electrons. The Morgan fingerprint density at radius 2 is 1.94 bits per heavy atom. The summed E-state index contributed by atoms with van der Waals surface area (Å²) in [6.45, 7) is 3.77. The molecule has 1 N–H and O–H groups in total. The Bertz CT molecular complexity index is 360. The lowest BCUT2D eigenvalue weighted by Gasteiger charge is -2.23. The van der Waals surface area contributed by atoms with Crippen molar-refractivity contribution >= 4 is 20.8 Å². The molecule has 0 spiro atoms. The first kappa shape index (κ1) is 16.1. The highest BCUT2D eigenvalue weighted by molar-refractivity contribution is 7.88. The van der Waals surface area contributed by atoms with E-state index in [1.807, 2.05) is 6.92 Å². The van der Waals surface area contributed by atoms with Crippen LogP contribution in [0.15, 0.2) is 0 Å². The van der Waals surface area contributed by atoms with E-state index < -0.39 is 20.8 Å². The fourth-order valence-electron chi connectivity index (χ4n) is 2.12. The Morgan fingerprint density at radius 1 is 1.33 bits per heavy atom. The average molecular weight is 296 g/mol. The SMILES string of the molecule is CCN(CCCNC1CCS(=O)CC1)S(C)(=O)=O. The van der Waals surface area contributed by atoms with E-state index in [0.717, 1.165) is 37.3 Å². The first-order valence-corrected chi connectivity index (χ1v) is 9.80. The molecule has 0 bridgehead atoms. The maximum absolute atomic E-state index is 11.4. The van der Waals surface area contributed by atoms with Crippen LogP contribution in [-0.2, 0) is 20.8 Å². The van der Waals surface area contributed by atoms with E-state index in [-0.39, 0.29) is 0 Å². The van der Waals surface area contributed by atoms with Crippen molar-refractivity contribution in [1.82, 2.24) is 9.62 Å². The van der Waals surface area contributed by atoms with Crippen LogP contribution in [0.1, 0.15) is 26.2 Å². The van der Waals surface area contributed by atoms with E-state index in [1.165, 1.54) is 10.6 Å². The third-order valence-corrected chi connectivity index (χ3v) is 5.99. The van der Waals surface area contributed by atoms with Gasteiger partial charge in [0.2, 0.25) is 10.0 Å². The summed E-state index contributed by atoms with van der Waals surface area (Å²) in [6.07, 6.45) is 4.01. The van der Waals surface area contributed by atoms with E-state index in [4.69, 9.17) is 0 Å². The molecule has 0 aromatic heterocycles. The van der Waals surface area contributed by atoms with Gasteiger partial charge in [0.1, 0.15) is 0 Å². The largest absolute Gasteiger partial charge is 0.314 e. The molecule has 1 rings (SSSR count). The van der Waals surface area contributed by atoms with Crippen LogP contribution < -0.4 is 5.32 Å². The monoisotopic (exact) mass is 296 g/mol. The molecule has 0 radical (unpaired) electrons. The van der Waals surface area contributed by atoms with Crippen LogP contribution in [0, 0.1) is 0 Å². The van der Waals surface area contributed by atoms with Crippen LogP contribution in [0.25, 0.3) is 0 Å². The van der Waals surface area contributed by atoms with Crippen molar-refractivity contribution in [3.63, 3.8) is 0 Å². The molecule has 1 saturated heterocycles. The van der Waals surface area contributed by atoms with E-state index in [0.29, 0.717) is 19.1 Å². The number of nitrogens with one attached hydrogen (secondary N) is 1. The number of hydrogen-bond acceptors (Lipinski definition) is 4. The highest BCUT2D eigenvalue weighted by Crippen LogP contribution is 2.09. The zero-order chi connectivity index (χ0) is 13.6. The minimum atomic E-state index is -3.06. The molecule has 1 fully saturated rings. The summed E-state index contributed by atoms with van der Waals surface area (Å²) in [5, 5.41) is 3.42. The molecule has 0 amide bonds. The molecule has 1 heterocycles. The van der Waals surface area contributed by atoms with Gasteiger partial charge in [-0.15, -0.1) is 0 Å². The van der Waals surface area contributed by atoms with E-state index in [2.05, 4.69) is 5.32 Å². The summed E-state index contributed by atoms with van der Waals surface area (Å²) in [6, 6.07) is 0.455. The number of hydrogen-bond donors (Lipinski definition) is 1. The van der Waals surface area contributed by atoms with Crippen molar-refractivity contribution in [2.75, 3.05) is 37.4 Å². The van der Waals surface area contributed by atoms with Crippen molar-refractivity contribution in [2.45, 2.75) is 32.2 Å². The predicted molar refractivity (Wildman–Crippen MR) is 75.6 cm³/mol. The summed E-state index contributed by atoms with van der Waals surface area (Å²) >= 11 is 0. The average Bonchev–Trinajstić information content (AvgIpc) is 2.30. The molecular formula is C11H24N2O3S2. The van der Waals surface area contributed by atoms with Gasteiger partial charge in [-0.2, -0.15) is 0 Å². The Hall–Kier alpha value is 0.0200. The zero-order valence-corrected chi connectivity index (χ0v) is 12.9. The predicted octanol–water partition coefficient (Wildman–Crippen LogP) is 0.159. The van der Waals surface area contributed by atoms with Crippen LogP contribution in [0.5, 0.6) is 0 Å². The first-order valence-electron chi connectivity index (χ1n) is 6.47. The number of rotatable bonds is 7. The highest BCUT2D eigenvalue weighted by Gasteiger charge is 2.17. The number of nitrogens with zero attached hydrogens (tertiary/aromatic N) is 1. The van der Waals surface area contributed by atoms with Crippen molar-refractivity contribution in [3.8, 4) is 0 Å². The van der Waals surface area contributed by atoms with Crippen molar-refractivity contribution in [1.29, 1.82) is 0 Å². The second-order valence-corrected chi connectivity index (χ2v) is 8.36. The molecule has 0 saturated carbocycles. The molecular weight excluding hydrogens is 272 g/mol. The molecule has 0 atom stereocenters.